The first-order valence-electron chi connectivity index (χ1n) is 10.3. The summed E-state index contributed by atoms with van der Waals surface area (Å²) in [4.78, 5) is 26.8. The molecule has 0 bridgehead atoms. The van der Waals surface area contributed by atoms with Crippen molar-refractivity contribution in [3.63, 3.8) is 0 Å². The fraction of sp³-hybridized carbons (Fsp3) is 0.636. The summed E-state index contributed by atoms with van der Waals surface area (Å²) in [5.41, 5.74) is -0.580. The smallest absolute Gasteiger partial charge is 0.411 e. The van der Waals surface area contributed by atoms with Gasteiger partial charge in [-0.15, -0.1) is 0 Å². The molecule has 1 aliphatic heterocycles. The van der Waals surface area contributed by atoms with Crippen LogP contribution in [0.1, 0.15) is 59.9 Å². The van der Waals surface area contributed by atoms with Gasteiger partial charge in [0.05, 0.1) is 17.5 Å². The standard InChI is InChI=1S/C22H33NO7S/c1-15-8-11-17(12-9-15)31(26,27)30-16-10-13-18(19(24)28-21(2,3)4)23(14-16)20(25)29-22(5,6)7/h8-9,11-12,16,18H,10,13-14H2,1-7H3/t16-,18-/m0/s1. The lowest BCUT2D eigenvalue weighted by Crippen LogP contribution is -2.55. The Morgan fingerprint density at radius 3 is 2.00 bits per heavy atom. The van der Waals surface area contributed by atoms with Gasteiger partial charge in [0.25, 0.3) is 10.1 Å². The lowest BCUT2D eigenvalue weighted by molar-refractivity contribution is -0.163. The van der Waals surface area contributed by atoms with Crippen LogP contribution >= 0.6 is 0 Å². The van der Waals surface area contributed by atoms with E-state index in [1.165, 1.54) is 17.0 Å². The summed E-state index contributed by atoms with van der Waals surface area (Å²) >= 11 is 0. The number of carbonyl (C=O) groups excluding carboxylic acids is 2. The molecule has 9 heteroatoms. The van der Waals surface area contributed by atoms with E-state index in [2.05, 4.69) is 0 Å². The van der Waals surface area contributed by atoms with E-state index < -0.39 is 45.5 Å². The molecule has 1 fully saturated rings. The highest BCUT2D eigenvalue weighted by Gasteiger charge is 2.41. The second-order valence-corrected chi connectivity index (χ2v) is 11.3. The highest BCUT2D eigenvalue weighted by Crippen LogP contribution is 2.27. The molecule has 1 amide bonds. The largest absolute Gasteiger partial charge is 0.458 e. The van der Waals surface area contributed by atoms with Gasteiger partial charge in [0, 0.05) is 0 Å². The van der Waals surface area contributed by atoms with Crippen molar-refractivity contribution in [3.8, 4) is 0 Å². The van der Waals surface area contributed by atoms with Gasteiger partial charge in [-0.1, -0.05) is 17.7 Å². The van der Waals surface area contributed by atoms with Crippen LogP contribution in [0, 0.1) is 6.92 Å². The molecule has 2 rings (SSSR count). The van der Waals surface area contributed by atoms with E-state index in [9.17, 15) is 18.0 Å². The van der Waals surface area contributed by atoms with E-state index in [1.807, 2.05) is 6.92 Å². The second kappa shape index (κ2) is 9.16. The lowest BCUT2D eigenvalue weighted by Gasteiger charge is -2.39. The van der Waals surface area contributed by atoms with Gasteiger partial charge in [0.1, 0.15) is 17.2 Å². The number of benzene rings is 1. The quantitative estimate of drug-likeness (QED) is 0.503. The molecule has 1 aliphatic rings. The third-order valence-corrected chi connectivity index (χ3v) is 5.79. The number of aryl methyl sites for hydroxylation is 1. The number of likely N-dealkylation sites (tertiary alicyclic amines) is 1. The summed E-state index contributed by atoms with van der Waals surface area (Å²) < 4.78 is 41.7. The number of esters is 1. The molecule has 0 N–H and O–H groups in total. The third-order valence-electron chi connectivity index (χ3n) is 4.42. The zero-order valence-corrected chi connectivity index (χ0v) is 20.1. The van der Waals surface area contributed by atoms with Gasteiger partial charge >= 0.3 is 12.1 Å². The average molecular weight is 456 g/mol. The molecule has 1 saturated heterocycles. The zero-order valence-electron chi connectivity index (χ0n) is 19.3. The number of amides is 1. The van der Waals surface area contributed by atoms with Gasteiger partial charge in [0.2, 0.25) is 0 Å². The van der Waals surface area contributed by atoms with E-state index in [1.54, 1.807) is 53.7 Å². The van der Waals surface area contributed by atoms with Crippen LogP contribution < -0.4 is 0 Å². The molecule has 1 aromatic rings. The number of hydrogen-bond acceptors (Lipinski definition) is 7. The predicted octanol–water partition coefficient (Wildman–Crippen LogP) is 3.81. The molecule has 0 aromatic heterocycles. The first kappa shape index (κ1) is 25.1. The van der Waals surface area contributed by atoms with Crippen molar-refractivity contribution in [1.29, 1.82) is 0 Å². The summed E-state index contributed by atoms with van der Waals surface area (Å²) in [6.07, 6.45) is -1.06. The van der Waals surface area contributed by atoms with Crippen LogP contribution in [-0.4, -0.2) is 55.3 Å². The molecule has 0 saturated carbocycles. The highest BCUT2D eigenvalue weighted by atomic mass is 32.2. The Kier molecular flexibility index (Phi) is 7.43. The number of carbonyl (C=O) groups is 2. The van der Waals surface area contributed by atoms with Gasteiger partial charge in [-0.2, -0.15) is 8.42 Å². The Morgan fingerprint density at radius 1 is 0.935 bits per heavy atom. The fourth-order valence-electron chi connectivity index (χ4n) is 3.09. The van der Waals surface area contributed by atoms with Crippen molar-refractivity contribution in [2.24, 2.45) is 0 Å². The summed E-state index contributed by atoms with van der Waals surface area (Å²) in [6.45, 7) is 12.1. The molecule has 1 heterocycles. The Balaban J connectivity index is 2.22. The SMILES string of the molecule is Cc1ccc(S(=O)(=O)O[C@H]2CC[C@@H](C(=O)OC(C)(C)C)N(C(=O)OC(C)(C)C)C2)cc1. The third kappa shape index (κ3) is 7.50. The molecule has 0 aliphatic carbocycles. The zero-order chi connectivity index (χ0) is 23.6. The molecule has 31 heavy (non-hydrogen) atoms. The van der Waals surface area contributed by atoms with Crippen LogP contribution in [0.2, 0.25) is 0 Å². The Bertz CT molecular complexity index is 895. The van der Waals surface area contributed by atoms with Crippen LogP contribution in [-0.2, 0) is 28.6 Å². The predicted molar refractivity (Wildman–Crippen MR) is 115 cm³/mol. The molecule has 0 spiro atoms. The fourth-order valence-corrected chi connectivity index (χ4v) is 4.19. The van der Waals surface area contributed by atoms with E-state index >= 15 is 0 Å². The normalized spacial score (nSPS) is 20.3. The van der Waals surface area contributed by atoms with Crippen molar-refractivity contribution >= 4 is 22.2 Å². The van der Waals surface area contributed by atoms with E-state index in [0.29, 0.717) is 0 Å². The Labute approximate surface area is 185 Å². The number of piperidine rings is 1. The van der Waals surface area contributed by atoms with Crippen LogP contribution in [0.3, 0.4) is 0 Å². The van der Waals surface area contributed by atoms with Crippen LogP contribution in [0.5, 0.6) is 0 Å². The number of rotatable bonds is 4. The molecule has 174 valence electrons. The topological polar surface area (TPSA) is 99.2 Å². The second-order valence-electron chi connectivity index (χ2n) is 9.74. The molecule has 0 radical (unpaired) electrons. The van der Waals surface area contributed by atoms with E-state index in [4.69, 9.17) is 13.7 Å². The molecular weight excluding hydrogens is 422 g/mol. The number of nitrogens with zero attached hydrogens (tertiary/aromatic N) is 1. The van der Waals surface area contributed by atoms with Crippen molar-refractivity contribution in [3.05, 3.63) is 29.8 Å². The molecule has 8 nitrogen and oxygen atoms in total. The molecular formula is C22H33NO7S. The monoisotopic (exact) mass is 455 g/mol. The van der Waals surface area contributed by atoms with Gasteiger partial charge in [-0.25, -0.2) is 9.59 Å². The average Bonchev–Trinajstić information content (AvgIpc) is 2.58. The highest BCUT2D eigenvalue weighted by molar-refractivity contribution is 7.86. The van der Waals surface area contributed by atoms with Crippen molar-refractivity contribution in [2.45, 2.75) is 89.6 Å². The maximum Gasteiger partial charge on any atom is 0.411 e. The maximum absolute atomic E-state index is 12.8. The van der Waals surface area contributed by atoms with Crippen molar-refractivity contribution in [1.82, 2.24) is 4.90 Å². The van der Waals surface area contributed by atoms with E-state index in [0.717, 1.165) is 5.56 Å². The minimum absolute atomic E-state index is 0.0381. The van der Waals surface area contributed by atoms with Crippen LogP contribution in [0.15, 0.2) is 29.2 Å². The summed E-state index contributed by atoms with van der Waals surface area (Å²) in [6, 6.07) is 5.44. The van der Waals surface area contributed by atoms with Gasteiger partial charge < -0.3 is 9.47 Å². The van der Waals surface area contributed by atoms with Crippen LogP contribution in [0.25, 0.3) is 0 Å². The van der Waals surface area contributed by atoms with Gasteiger partial charge in [-0.05, 0) is 73.4 Å². The Morgan fingerprint density at radius 2 is 1.48 bits per heavy atom. The van der Waals surface area contributed by atoms with Crippen LogP contribution in [0.4, 0.5) is 4.79 Å². The first-order chi connectivity index (χ1) is 14.1. The molecule has 0 unspecified atom stereocenters. The minimum Gasteiger partial charge on any atom is -0.458 e. The number of hydrogen-bond donors (Lipinski definition) is 0. The Hall–Kier alpha value is -2.13. The van der Waals surface area contributed by atoms with Gasteiger partial charge in [0.15, 0.2) is 0 Å². The first-order valence-corrected chi connectivity index (χ1v) is 11.7. The minimum atomic E-state index is -4.02. The molecule has 2 atom stereocenters. The summed E-state index contributed by atoms with van der Waals surface area (Å²) in [5.74, 6) is -0.557. The molecule has 1 aromatic carbocycles. The summed E-state index contributed by atoms with van der Waals surface area (Å²) in [7, 11) is -4.02. The van der Waals surface area contributed by atoms with Crippen molar-refractivity contribution < 1.29 is 31.7 Å². The van der Waals surface area contributed by atoms with Gasteiger partial charge in [-0.3, -0.25) is 9.08 Å². The summed E-state index contributed by atoms with van der Waals surface area (Å²) in [5, 5.41) is 0. The van der Waals surface area contributed by atoms with E-state index in [-0.39, 0.29) is 24.3 Å². The van der Waals surface area contributed by atoms with Crippen molar-refractivity contribution in [2.75, 3.05) is 6.54 Å². The lowest BCUT2D eigenvalue weighted by atomic mass is 10.0. The maximum atomic E-state index is 12.8. The number of ether oxygens (including phenoxy) is 2.